The Labute approximate surface area is 191 Å². The van der Waals surface area contributed by atoms with E-state index in [4.69, 9.17) is 23.2 Å². The van der Waals surface area contributed by atoms with Crippen LogP contribution in [0.3, 0.4) is 0 Å². The molecule has 2 atom stereocenters. The van der Waals surface area contributed by atoms with Gasteiger partial charge >= 0.3 is 6.18 Å². The molecule has 1 saturated heterocycles. The molecule has 32 heavy (non-hydrogen) atoms. The molecule has 1 aromatic carbocycles. The second-order valence-electron chi connectivity index (χ2n) is 7.44. The molecule has 0 unspecified atom stereocenters. The number of aromatic nitrogens is 3. The lowest BCUT2D eigenvalue weighted by Gasteiger charge is -2.42. The summed E-state index contributed by atoms with van der Waals surface area (Å²) in [5.74, 6) is -0.388. The summed E-state index contributed by atoms with van der Waals surface area (Å²) in [7, 11) is 0. The number of hydrogen-bond donors (Lipinski definition) is 3. The standard InChI is InChI=1S/C20H19Cl2F3N6O/c21-11-6-12(22)8-13(7-11)27-9-16(32)31-5-1-2-15(17(31)20(23,24)25)30-19-14-3-4-26-18(14)28-10-29-19/h3-4,6-8,10,15,17,27H,1-2,5,9H2,(H2,26,28,29,30)/t15-,17-/m1/s1. The number of anilines is 2. The zero-order chi connectivity index (χ0) is 22.9. The number of likely N-dealkylation sites (tertiary alicyclic amines) is 1. The molecule has 2 aromatic heterocycles. The van der Waals surface area contributed by atoms with Gasteiger partial charge < -0.3 is 20.5 Å². The largest absolute Gasteiger partial charge is 0.410 e. The molecule has 12 heteroatoms. The third-order valence-electron chi connectivity index (χ3n) is 5.27. The van der Waals surface area contributed by atoms with Gasteiger partial charge in [0.1, 0.15) is 23.8 Å². The summed E-state index contributed by atoms with van der Waals surface area (Å²) in [6, 6.07) is 3.23. The zero-order valence-corrected chi connectivity index (χ0v) is 18.1. The highest BCUT2D eigenvalue weighted by atomic mass is 35.5. The number of alkyl halides is 3. The Morgan fingerprint density at radius 3 is 2.69 bits per heavy atom. The number of hydrogen-bond acceptors (Lipinski definition) is 5. The van der Waals surface area contributed by atoms with Crippen LogP contribution >= 0.6 is 23.2 Å². The van der Waals surface area contributed by atoms with Crippen LogP contribution in [0.1, 0.15) is 12.8 Å². The van der Waals surface area contributed by atoms with Gasteiger partial charge in [-0.1, -0.05) is 23.2 Å². The summed E-state index contributed by atoms with van der Waals surface area (Å²) < 4.78 is 42.3. The molecule has 7 nitrogen and oxygen atoms in total. The Bertz CT molecular complexity index is 1100. The van der Waals surface area contributed by atoms with E-state index < -0.39 is 24.2 Å². The summed E-state index contributed by atoms with van der Waals surface area (Å²) in [5, 5.41) is 6.99. The highest BCUT2D eigenvalue weighted by molar-refractivity contribution is 6.35. The van der Waals surface area contributed by atoms with Crippen molar-refractivity contribution in [3.8, 4) is 0 Å². The predicted octanol–water partition coefficient (Wildman–Crippen LogP) is 4.71. The fourth-order valence-electron chi connectivity index (χ4n) is 3.93. The van der Waals surface area contributed by atoms with E-state index in [1.54, 1.807) is 24.4 Å². The first kappa shape index (κ1) is 22.5. The maximum atomic E-state index is 14.1. The van der Waals surface area contributed by atoms with Crippen molar-refractivity contribution >= 4 is 51.6 Å². The van der Waals surface area contributed by atoms with Gasteiger partial charge in [-0.15, -0.1) is 0 Å². The fourth-order valence-corrected chi connectivity index (χ4v) is 4.46. The van der Waals surface area contributed by atoms with E-state index >= 15 is 0 Å². The van der Waals surface area contributed by atoms with Crippen LogP contribution in [0.15, 0.2) is 36.8 Å². The molecule has 3 N–H and O–H groups in total. The fraction of sp³-hybridized carbons (Fsp3) is 0.350. The minimum atomic E-state index is -4.63. The molecule has 0 bridgehead atoms. The minimum Gasteiger partial charge on any atom is -0.376 e. The normalized spacial score (nSPS) is 19.2. The Kier molecular flexibility index (Phi) is 6.34. The van der Waals surface area contributed by atoms with Crippen molar-refractivity contribution in [2.45, 2.75) is 31.1 Å². The zero-order valence-electron chi connectivity index (χ0n) is 16.6. The van der Waals surface area contributed by atoms with Gasteiger partial charge in [-0.3, -0.25) is 4.79 Å². The number of carbonyl (C=O) groups is 1. The second-order valence-corrected chi connectivity index (χ2v) is 8.31. The summed E-state index contributed by atoms with van der Waals surface area (Å²) in [6.45, 7) is -0.325. The third-order valence-corrected chi connectivity index (χ3v) is 5.71. The topological polar surface area (TPSA) is 85.9 Å². The molecular weight excluding hydrogens is 468 g/mol. The summed E-state index contributed by atoms with van der Waals surface area (Å²) in [5.41, 5.74) is 0.959. The van der Waals surface area contributed by atoms with Crippen LogP contribution in [0.5, 0.6) is 0 Å². The number of nitrogens with zero attached hydrogens (tertiary/aromatic N) is 3. The van der Waals surface area contributed by atoms with E-state index in [-0.39, 0.29) is 25.3 Å². The first-order valence-corrected chi connectivity index (χ1v) is 10.6. The van der Waals surface area contributed by atoms with Crippen molar-refractivity contribution in [1.82, 2.24) is 19.9 Å². The molecule has 1 aliphatic heterocycles. The van der Waals surface area contributed by atoms with Crippen LogP contribution in [-0.2, 0) is 4.79 Å². The molecule has 170 valence electrons. The van der Waals surface area contributed by atoms with E-state index in [0.29, 0.717) is 33.2 Å². The smallest absolute Gasteiger partial charge is 0.376 e. The van der Waals surface area contributed by atoms with E-state index in [1.165, 1.54) is 12.4 Å². The van der Waals surface area contributed by atoms with Gasteiger partial charge in [-0.2, -0.15) is 13.2 Å². The van der Waals surface area contributed by atoms with Gasteiger partial charge in [-0.25, -0.2) is 9.97 Å². The van der Waals surface area contributed by atoms with Crippen LogP contribution < -0.4 is 10.6 Å². The Balaban J connectivity index is 1.53. The molecule has 0 saturated carbocycles. The van der Waals surface area contributed by atoms with Crippen LogP contribution in [0.4, 0.5) is 24.7 Å². The lowest BCUT2D eigenvalue weighted by molar-refractivity contribution is -0.197. The van der Waals surface area contributed by atoms with Gasteiger partial charge in [0.15, 0.2) is 0 Å². The summed E-state index contributed by atoms with van der Waals surface area (Å²) in [6.07, 6.45) is -1.06. The van der Waals surface area contributed by atoms with Crippen molar-refractivity contribution in [3.05, 3.63) is 46.8 Å². The lowest BCUT2D eigenvalue weighted by atomic mass is 9.95. The van der Waals surface area contributed by atoms with E-state index in [9.17, 15) is 18.0 Å². The highest BCUT2D eigenvalue weighted by Crippen LogP contribution is 2.34. The van der Waals surface area contributed by atoms with Crippen LogP contribution in [-0.4, -0.2) is 57.1 Å². The van der Waals surface area contributed by atoms with Crippen LogP contribution in [0.25, 0.3) is 11.0 Å². The van der Waals surface area contributed by atoms with Gasteiger partial charge in [0.2, 0.25) is 5.91 Å². The third kappa shape index (κ3) is 4.86. The monoisotopic (exact) mass is 486 g/mol. The summed E-state index contributed by atoms with van der Waals surface area (Å²) in [4.78, 5) is 24.7. The number of rotatable bonds is 5. The molecule has 0 radical (unpaired) electrons. The number of piperidine rings is 1. The van der Waals surface area contributed by atoms with Crippen molar-refractivity contribution in [2.24, 2.45) is 0 Å². The molecule has 1 fully saturated rings. The van der Waals surface area contributed by atoms with Crippen LogP contribution in [0.2, 0.25) is 10.0 Å². The average Bonchev–Trinajstić information content (AvgIpc) is 3.20. The van der Waals surface area contributed by atoms with Gasteiger partial charge in [0.05, 0.1) is 18.0 Å². The molecule has 0 spiro atoms. The highest BCUT2D eigenvalue weighted by Gasteiger charge is 2.51. The quantitative estimate of drug-likeness (QED) is 0.486. The lowest BCUT2D eigenvalue weighted by Crippen LogP contribution is -2.61. The Hall–Kier alpha value is -2.72. The number of amides is 1. The number of H-pyrrole nitrogens is 1. The van der Waals surface area contributed by atoms with E-state index in [2.05, 4.69) is 25.6 Å². The van der Waals surface area contributed by atoms with Gasteiger partial charge in [0.25, 0.3) is 0 Å². The SMILES string of the molecule is O=C(CNc1cc(Cl)cc(Cl)c1)N1CCC[C@@H](Nc2ncnc3[nH]ccc23)[C@@H]1C(F)(F)F. The van der Waals surface area contributed by atoms with Crippen molar-refractivity contribution in [1.29, 1.82) is 0 Å². The number of nitrogens with one attached hydrogen (secondary N) is 3. The van der Waals surface area contributed by atoms with Crippen molar-refractivity contribution in [3.63, 3.8) is 0 Å². The molecule has 3 heterocycles. The molecule has 4 rings (SSSR count). The maximum absolute atomic E-state index is 14.1. The van der Waals surface area contributed by atoms with Crippen LogP contribution in [0, 0.1) is 0 Å². The van der Waals surface area contributed by atoms with Crippen molar-refractivity contribution in [2.75, 3.05) is 23.7 Å². The molecule has 0 aliphatic carbocycles. The average molecular weight is 487 g/mol. The van der Waals surface area contributed by atoms with Gasteiger partial charge in [0, 0.05) is 28.5 Å². The molecule has 1 amide bonds. The Morgan fingerprint density at radius 2 is 1.97 bits per heavy atom. The minimum absolute atomic E-state index is 0.00249. The predicted molar refractivity (Wildman–Crippen MR) is 117 cm³/mol. The number of halogens is 5. The number of fused-ring (bicyclic) bond motifs is 1. The number of benzene rings is 1. The number of aromatic amines is 1. The van der Waals surface area contributed by atoms with E-state index in [0.717, 1.165) is 4.90 Å². The maximum Gasteiger partial charge on any atom is 0.410 e. The van der Waals surface area contributed by atoms with Crippen molar-refractivity contribution < 1.29 is 18.0 Å². The first-order chi connectivity index (χ1) is 15.2. The molecule has 1 aliphatic rings. The molecule has 3 aromatic rings. The van der Waals surface area contributed by atoms with E-state index in [1.807, 2.05) is 0 Å². The molecular formula is C20H19Cl2F3N6O. The summed E-state index contributed by atoms with van der Waals surface area (Å²) >= 11 is 11.9. The second kappa shape index (κ2) is 9.03. The first-order valence-electron chi connectivity index (χ1n) is 9.83. The number of carbonyl (C=O) groups excluding carboxylic acids is 1. The van der Waals surface area contributed by atoms with Gasteiger partial charge in [-0.05, 0) is 37.1 Å². The Morgan fingerprint density at radius 1 is 1.22 bits per heavy atom.